The molecule has 0 bridgehead atoms. The fourth-order valence-electron chi connectivity index (χ4n) is 4.06. The van der Waals surface area contributed by atoms with Crippen LogP contribution in [-0.4, -0.2) is 28.9 Å². The maximum absolute atomic E-state index is 10.1. The van der Waals surface area contributed by atoms with Crippen molar-refractivity contribution in [3.63, 3.8) is 0 Å². The summed E-state index contributed by atoms with van der Waals surface area (Å²) in [6, 6.07) is 9.36. The monoisotopic (exact) mass is 457 g/mol. The Morgan fingerprint density at radius 1 is 0.938 bits per heavy atom. The number of methoxy groups -OCH3 is 1. The van der Waals surface area contributed by atoms with Crippen LogP contribution in [0.3, 0.4) is 0 Å². The van der Waals surface area contributed by atoms with Crippen molar-refractivity contribution in [3.05, 3.63) is 52.8 Å². The molecule has 5 nitrogen and oxygen atoms in total. The van der Waals surface area contributed by atoms with Crippen LogP contribution in [0.4, 0.5) is 0 Å². The number of aliphatic hydroxyl groups excluding tert-OH is 2. The van der Waals surface area contributed by atoms with E-state index in [0.29, 0.717) is 34.4 Å². The molecular formula is C26H32ClNO4. The number of unbranched alkanes of at least 4 members (excludes halogenated alkanes) is 5. The largest absolute Gasteiger partial charge is 0.493 e. The van der Waals surface area contributed by atoms with Gasteiger partial charge in [-0.1, -0.05) is 50.6 Å². The van der Waals surface area contributed by atoms with Crippen molar-refractivity contribution in [2.45, 2.75) is 58.7 Å². The molecule has 0 aliphatic rings. The topological polar surface area (TPSA) is 71.8 Å². The molecule has 0 fully saturated rings. The number of rotatable bonds is 12. The highest BCUT2D eigenvalue weighted by molar-refractivity contribution is 6.29. The van der Waals surface area contributed by atoms with Crippen LogP contribution in [0.2, 0.25) is 5.15 Å². The second-order valence-electron chi connectivity index (χ2n) is 7.91. The molecule has 1 heterocycles. The first-order chi connectivity index (χ1) is 15.6. The van der Waals surface area contributed by atoms with Crippen molar-refractivity contribution in [1.82, 2.24) is 4.98 Å². The first-order valence-electron chi connectivity index (χ1n) is 11.3. The van der Waals surface area contributed by atoms with Gasteiger partial charge in [0.1, 0.15) is 5.15 Å². The minimum Gasteiger partial charge on any atom is -0.493 e. The predicted octanol–water partition coefficient (Wildman–Crippen LogP) is 6.29. The molecule has 0 aliphatic carbocycles. The standard InChI is InChI=1S/C26H32ClNO4/c1-3-4-5-6-7-8-11-32-24-13-19-12-20(16-29)22(17-30)26(21(19)15-23(24)31-2)18-9-10-28-25(27)14-18/h9-10,12-15,29-30H,3-8,11,16-17H2,1-2H3. The summed E-state index contributed by atoms with van der Waals surface area (Å²) in [5, 5.41) is 22.2. The molecule has 0 amide bonds. The summed E-state index contributed by atoms with van der Waals surface area (Å²) in [6.07, 6.45) is 8.81. The van der Waals surface area contributed by atoms with Crippen LogP contribution >= 0.6 is 11.6 Å². The summed E-state index contributed by atoms with van der Waals surface area (Å²) in [4.78, 5) is 4.07. The second kappa shape index (κ2) is 12.0. The number of hydrogen-bond donors (Lipinski definition) is 2. The van der Waals surface area contributed by atoms with Crippen LogP contribution in [0.25, 0.3) is 21.9 Å². The van der Waals surface area contributed by atoms with Crippen molar-refractivity contribution in [2.24, 2.45) is 0 Å². The molecule has 32 heavy (non-hydrogen) atoms. The van der Waals surface area contributed by atoms with E-state index in [0.717, 1.165) is 34.7 Å². The van der Waals surface area contributed by atoms with Crippen LogP contribution < -0.4 is 9.47 Å². The summed E-state index contributed by atoms with van der Waals surface area (Å²) in [5.41, 5.74) is 2.94. The number of aromatic nitrogens is 1. The van der Waals surface area contributed by atoms with E-state index in [1.165, 1.54) is 25.7 Å². The molecule has 172 valence electrons. The van der Waals surface area contributed by atoms with Gasteiger partial charge in [0.2, 0.25) is 0 Å². The van der Waals surface area contributed by atoms with E-state index in [1.807, 2.05) is 24.3 Å². The zero-order valence-electron chi connectivity index (χ0n) is 18.9. The van der Waals surface area contributed by atoms with E-state index in [-0.39, 0.29) is 13.2 Å². The molecule has 3 rings (SSSR count). The molecule has 3 aromatic rings. The van der Waals surface area contributed by atoms with Crippen LogP contribution in [0.1, 0.15) is 56.6 Å². The molecule has 0 saturated carbocycles. The maximum atomic E-state index is 10.1. The molecule has 2 N–H and O–H groups in total. The highest BCUT2D eigenvalue weighted by Crippen LogP contribution is 2.41. The smallest absolute Gasteiger partial charge is 0.161 e. The first-order valence-corrected chi connectivity index (χ1v) is 11.6. The number of nitrogens with zero attached hydrogens (tertiary/aromatic N) is 1. The van der Waals surface area contributed by atoms with E-state index in [4.69, 9.17) is 21.1 Å². The van der Waals surface area contributed by atoms with Gasteiger partial charge in [-0.05, 0) is 69.8 Å². The van der Waals surface area contributed by atoms with Crippen LogP contribution in [0, 0.1) is 0 Å². The van der Waals surface area contributed by atoms with Gasteiger partial charge in [-0.3, -0.25) is 0 Å². The molecule has 0 spiro atoms. The summed E-state index contributed by atoms with van der Waals surface area (Å²) >= 11 is 6.14. The molecule has 2 aromatic carbocycles. The highest BCUT2D eigenvalue weighted by Gasteiger charge is 2.18. The van der Waals surface area contributed by atoms with Crippen molar-refractivity contribution >= 4 is 22.4 Å². The second-order valence-corrected chi connectivity index (χ2v) is 8.30. The number of ether oxygens (including phenoxy) is 2. The first kappa shape index (κ1) is 24.3. The molecule has 0 atom stereocenters. The van der Waals surface area contributed by atoms with E-state index in [9.17, 15) is 10.2 Å². The Balaban J connectivity index is 1.98. The van der Waals surface area contributed by atoms with Crippen molar-refractivity contribution in [2.75, 3.05) is 13.7 Å². The van der Waals surface area contributed by atoms with Gasteiger partial charge >= 0.3 is 0 Å². The third-order valence-corrected chi connectivity index (χ3v) is 5.93. The zero-order valence-corrected chi connectivity index (χ0v) is 19.6. The fourth-order valence-corrected chi connectivity index (χ4v) is 4.23. The van der Waals surface area contributed by atoms with Crippen molar-refractivity contribution in [3.8, 4) is 22.6 Å². The third-order valence-electron chi connectivity index (χ3n) is 5.72. The summed E-state index contributed by atoms with van der Waals surface area (Å²) in [5.74, 6) is 1.30. The minimum absolute atomic E-state index is 0.183. The molecule has 0 radical (unpaired) electrons. The average molecular weight is 458 g/mol. The maximum Gasteiger partial charge on any atom is 0.161 e. The van der Waals surface area contributed by atoms with Gasteiger partial charge in [0.05, 0.1) is 26.9 Å². The number of fused-ring (bicyclic) bond motifs is 1. The lowest BCUT2D eigenvalue weighted by atomic mass is 9.90. The number of halogens is 1. The van der Waals surface area contributed by atoms with Gasteiger partial charge in [-0.2, -0.15) is 0 Å². The summed E-state index contributed by atoms with van der Waals surface area (Å²) in [7, 11) is 1.62. The Labute approximate surface area is 195 Å². The Kier molecular flexibility index (Phi) is 9.15. The highest BCUT2D eigenvalue weighted by atomic mass is 35.5. The van der Waals surface area contributed by atoms with Gasteiger partial charge in [-0.25, -0.2) is 4.98 Å². The van der Waals surface area contributed by atoms with E-state index in [2.05, 4.69) is 11.9 Å². The number of aliphatic hydroxyl groups is 2. The zero-order chi connectivity index (χ0) is 22.9. The normalized spacial score (nSPS) is 11.2. The Hall–Kier alpha value is -2.34. The SMILES string of the molecule is CCCCCCCCOc1cc2cc(CO)c(CO)c(-c3ccnc(Cl)c3)c2cc1OC. The van der Waals surface area contributed by atoms with E-state index < -0.39 is 0 Å². The van der Waals surface area contributed by atoms with E-state index in [1.54, 1.807) is 19.4 Å². The molecule has 0 aliphatic heterocycles. The van der Waals surface area contributed by atoms with Crippen LogP contribution in [0.15, 0.2) is 36.5 Å². The lowest BCUT2D eigenvalue weighted by molar-refractivity contribution is 0.260. The Bertz CT molecular complexity index is 1040. The van der Waals surface area contributed by atoms with Gasteiger partial charge in [0.25, 0.3) is 0 Å². The number of pyridine rings is 1. The van der Waals surface area contributed by atoms with Gasteiger partial charge < -0.3 is 19.7 Å². The summed E-state index contributed by atoms with van der Waals surface area (Å²) in [6.45, 7) is 2.45. The minimum atomic E-state index is -0.209. The van der Waals surface area contributed by atoms with E-state index >= 15 is 0 Å². The molecule has 6 heteroatoms. The lowest BCUT2D eigenvalue weighted by Gasteiger charge is -2.19. The number of hydrogen-bond acceptors (Lipinski definition) is 5. The van der Waals surface area contributed by atoms with Crippen molar-refractivity contribution < 1.29 is 19.7 Å². The van der Waals surface area contributed by atoms with Crippen LogP contribution in [0.5, 0.6) is 11.5 Å². The fraction of sp³-hybridized carbons (Fsp3) is 0.423. The quantitative estimate of drug-likeness (QED) is 0.247. The summed E-state index contributed by atoms with van der Waals surface area (Å²) < 4.78 is 11.7. The van der Waals surface area contributed by atoms with Crippen molar-refractivity contribution in [1.29, 1.82) is 0 Å². The lowest BCUT2D eigenvalue weighted by Crippen LogP contribution is -2.02. The Morgan fingerprint density at radius 3 is 2.41 bits per heavy atom. The molecule has 0 unspecified atom stereocenters. The van der Waals surface area contributed by atoms with Gasteiger partial charge in [-0.15, -0.1) is 0 Å². The van der Waals surface area contributed by atoms with Gasteiger partial charge in [0.15, 0.2) is 11.5 Å². The predicted molar refractivity (Wildman–Crippen MR) is 129 cm³/mol. The third kappa shape index (κ3) is 5.71. The molecular weight excluding hydrogens is 426 g/mol. The average Bonchev–Trinajstić information content (AvgIpc) is 2.81. The van der Waals surface area contributed by atoms with Crippen LogP contribution in [-0.2, 0) is 13.2 Å². The Morgan fingerprint density at radius 2 is 1.72 bits per heavy atom. The van der Waals surface area contributed by atoms with Gasteiger partial charge in [0, 0.05) is 6.20 Å². The number of benzene rings is 2. The molecule has 1 aromatic heterocycles. The molecule has 0 saturated heterocycles.